The van der Waals surface area contributed by atoms with E-state index in [1.807, 2.05) is 0 Å². The van der Waals surface area contributed by atoms with E-state index in [0.717, 1.165) is 25.0 Å². The Kier molecular flexibility index (Phi) is 3.94. The Labute approximate surface area is 97.3 Å². The number of hydrogen-bond acceptors (Lipinski definition) is 3. The van der Waals surface area contributed by atoms with Crippen molar-refractivity contribution in [1.29, 1.82) is 0 Å². The fourth-order valence-electron chi connectivity index (χ4n) is 1.72. The maximum Gasteiger partial charge on any atom is 0.264 e. The van der Waals surface area contributed by atoms with Gasteiger partial charge in [-0.1, -0.05) is 20.8 Å². The molecule has 0 saturated heterocycles. The quantitative estimate of drug-likeness (QED) is 0.594. The Morgan fingerprint density at radius 1 is 1.31 bits per heavy atom. The first-order valence-electron chi connectivity index (χ1n) is 5.95. The molecule has 1 unspecified atom stereocenters. The first-order chi connectivity index (χ1) is 7.32. The molecule has 4 heteroatoms. The predicted molar refractivity (Wildman–Crippen MR) is 64.5 cm³/mol. The maximum atomic E-state index is 10.9. The van der Waals surface area contributed by atoms with Gasteiger partial charge in [-0.3, -0.25) is 10.1 Å². The van der Waals surface area contributed by atoms with E-state index >= 15 is 0 Å². The monoisotopic (exact) mass is 226 g/mol. The van der Waals surface area contributed by atoms with E-state index in [0.29, 0.717) is 12.1 Å². The van der Waals surface area contributed by atoms with Crippen molar-refractivity contribution >= 4 is 0 Å². The molecule has 0 amide bonds. The summed E-state index contributed by atoms with van der Waals surface area (Å²) >= 11 is 0. The molecule has 0 aromatic rings. The third-order valence-electron chi connectivity index (χ3n) is 3.35. The zero-order valence-corrected chi connectivity index (χ0v) is 10.7. The van der Waals surface area contributed by atoms with Crippen molar-refractivity contribution in [3.63, 3.8) is 0 Å². The molecule has 0 aliphatic heterocycles. The zero-order chi connectivity index (χ0) is 12.3. The third kappa shape index (κ3) is 3.22. The molecular formula is C12H22N2O2. The molecule has 0 saturated carbocycles. The van der Waals surface area contributed by atoms with Crippen LogP contribution in [0, 0.1) is 15.5 Å². The summed E-state index contributed by atoms with van der Waals surface area (Å²) in [4.78, 5) is 10.7. The van der Waals surface area contributed by atoms with Gasteiger partial charge in [-0.25, -0.2) is 0 Å². The Morgan fingerprint density at radius 2 is 1.88 bits per heavy atom. The Bertz CT molecular complexity index is 303. The summed E-state index contributed by atoms with van der Waals surface area (Å²) in [5, 5.41) is 14.2. The Morgan fingerprint density at radius 3 is 2.38 bits per heavy atom. The van der Waals surface area contributed by atoms with Gasteiger partial charge in [-0.2, -0.15) is 0 Å². The smallest absolute Gasteiger partial charge is 0.264 e. The van der Waals surface area contributed by atoms with E-state index in [2.05, 4.69) is 33.0 Å². The summed E-state index contributed by atoms with van der Waals surface area (Å²) in [7, 11) is 0. The molecule has 16 heavy (non-hydrogen) atoms. The highest BCUT2D eigenvalue weighted by Crippen LogP contribution is 2.26. The molecular weight excluding hydrogens is 204 g/mol. The Balaban J connectivity index is 2.80. The van der Waals surface area contributed by atoms with Gasteiger partial charge in [-0.15, -0.1) is 0 Å². The fourth-order valence-corrected chi connectivity index (χ4v) is 1.72. The number of nitrogens with one attached hydrogen (secondary N) is 1. The molecule has 1 N–H and O–H groups in total. The van der Waals surface area contributed by atoms with E-state index in [1.165, 1.54) is 0 Å². The van der Waals surface area contributed by atoms with Crippen LogP contribution in [0.5, 0.6) is 0 Å². The molecule has 0 bridgehead atoms. The topological polar surface area (TPSA) is 55.2 Å². The van der Waals surface area contributed by atoms with E-state index in [1.54, 1.807) is 0 Å². The highest BCUT2D eigenvalue weighted by molar-refractivity contribution is 5.10. The molecule has 0 aromatic heterocycles. The van der Waals surface area contributed by atoms with Crippen LogP contribution in [0.3, 0.4) is 0 Å². The molecule has 1 atom stereocenters. The summed E-state index contributed by atoms with van der Waals surface area (Å²) in [6.07, 6.45) is 3.41. The molecule has 1 aliphatic carbocycles. The van der Waals surface area contributed by atoms with Gasteiger partial charge in [0.1, 0.15) is 0 Å². The number of allylic oxidation sites excluding steroid dienone is 2. The van der Waals surface area contributed by atoms with Gasteiger partial charge in [0.25, 0.3) is 5.70 Å². The first kappa shape index (κ1) is 13.0. The molecule has 0 heterocycles. The van der Waals surface area contributed by atoms with Crippen LogP contribution in [0.1, 0.15) is 53.4 Å². The number of nitrogens with zero attached hydrogens (tertiary/aromatic N) is 1. The van der Waals surface area contributed by atoms with Crippen molar-refractivity contribution in [3.8, 4) is 0 Å². The van der Waals surface area contributed by atoms with Crippen molar-refractivity contribution in [2.45, 2.75) is 59.4 Å². The molecule has 4 nitrogen and oxygen atoms in total. The largest absolute Gasteiger partial charge is 0.380 e. The van der Waals surface area contributed by atoms with Crippen LogP contribution in [0.2, 0.25) is 0 Å². The third-order valence-corrected chi connectivity index (χ3v) is 3.35. The lowest BCUT2D eigenvalue weighted by Gasteiger charge is -2.30. The van der Waals surface area contributed by atoms with Crippen molar-refractivity contribution in [2.24, 2.45) is 5.41 Å². The van der Waals surface area contributed by atoms with E-state index < -0.39 is 0 Å². The number of hydrogen-bond donors (Lipinski definition) is 1. The average molecular weight is 226 g/mol. The van der Waals surface area contributed by atoms with Crippen LogP contribution in [-0.4, -0.2) is 11.0 Å². The Hall–Kier alpha value is -1.06. The molecule has 92 valence electrons. The van der Waals surface area contributed by atoms with Gasteiger partial charge in [0.15, 0.2) is 0 Å². The zero-order valence-electron chi connectivity index (χ0n) is 10.7. The van der Waals surface area contributed by atoms with Crippen LogP contribution >= 0.6 is 0 Å². The van der Waals surface area contributed by atoms with Gasteiger partial charge in [0.05, 0.1) is 10.6 Å². The van der Waals surface area contributed by atoms with Gasteiger partial charge in [0, 0.05) is 12.5 Å². The fraction of sp³-hybridized carbons (Fsp3) is 0.833. The second-order valence-corrected chi connectivity index (χ2v) is 5.62. The van der Waals surface area contributed by atoms with Crippen molar-refractivity contribution in [3.05, 3.63) is 21.5 Å². The second-order valence-electron chi connectivity index (χ2n) is 5.62. The number of rotatable bonds is 3. The normalized spacial score (nSPS) is 19.5. The minimum absolute atomic E-state index is 0.117. The standard InChI is InChI=1S/C12H22N2O2/c1-9(12(2,3)4)13-10-7-5-6-8-11(10)14(15)16/h9,13H,5-8H2,1-4H3. The SMILES string of the molecule is CC(NC1=C([N+](=O)[O-])CCCC1)C(C)(C)C. The molecule has 1 aliphatic rings. The maximum absolute atomic E-state index is 10.9. The lowest BCUT2D eigenvalue weighted by Crippen LogP contribution is -2.38. The highest BCUT2D eigenvalue weighted by atomic mass is 16.6. The summed E-state index contributed by atoms with van der Waals surface area (Å²) < 4.78 is 0. The van der Waals surface area contributed by atoms with Gasteiger partial charge >= 0.3 is 0 Å². The molecule has 0 fully saturated rings. The highest BCUT2D eigenvalue weighted by Gasteiger charge is 2.26. The van der Waals surface area contributed by atoms with E-state index in [-0.39, 0.29) is 16.4 Å². The summed E-state index contributed by atoms with van der Waals surface area (Å²) in [6.45, 7) is 8.50. The van der Waals surface area contributed by atoms with Crippen LogP contribution in [0.15, 0.2) is 11.4 Å². The second kappa shape index (κ2) is 4.85. The summed E-state index contributed by atoms with van der Waals surface area (Å²) in [6, 6.07) is 0.246. The minimum atomic E-state index is -0.225. The molecule has 0 spiro atoms. The van der Waals surface area contributed by atoms with E-state index in [4.69, 9.17) is 0 Å². The molecule has 0 aromatic carbocycles. The first-order valence-corrected chi connectivity index (χ1v) is 5.95. The van der Waals surface area contributed by atoms with E-state index in [9.17, 15) is 10.1 Å². The van der Waals surface area contributed by atoms with Gasteiger partial charge in [0.2, 0.25) is 0 Å². The van der Waals surface area contributed by atoms with Crippen LogP contribution in [0.4, 0.5) is 0 Å². The summed E-state index contributed by atoms with van der Waals surface area (Å²) in [5.41, 5.74) is 1.35. The van der Waals surface area contributed by atoms with Gasteiger partial charge in [-0.05, 0) is 31.6 Å². The number of nitro groups is 1. The summed E-state index contributed by atoms with van der Waals surface area (Å²) in [5.74, 6) is 0. The molecule has 1 rings (SSSR count). The van der Waals surface area contributed by atoms with Crippen LogP contribution < -0.4 is 5.32 Å². The lowest BCUT2D eigenvalue weighted by atomic mass is 9.87. The lowest BCUT2D eigenvalue weighted by molar-refractivity contribution is -0.430. The minimum Gasteiger partial charge on any atom is -0.380 e. The molecule has 0 radical (unpaired) electrons. The van der Waals surface area contributed by atoms with Crippen molar-refractivity contribution < 1.29 is 4.92 Å². The predicted octanol–water partition coefficient (Wildman–Crippen LogP) is 3.07. The van der Waals surface area contributed by atoms with Gasteiger partial charge < -0.3 is 5.32 Å². The van der Waals surface area contributed by atoms with Crippen molar-refractivity contribution in [2.75, 3.05) is 0 Å². The van der Waals surface area contributed by atoms with Crippen LogP contribution in [0.25, 0.3) is 0 Å². The van der Waals surface area contributed by atoms with Crippen molar-refractivity contribution in [1.82, 2.24) is 5.32 Å². The van der Waals surface area contributed by atoms with Crippen LogP contribution in [-0.2, 0) is 0 Å². The average Bonchev–Trinajstić information content (AvgIpc) is 2.16.